The van der Waals surface area contributed by atoms with E-state index in [0.717, 1.165) is 4.47 Å². The molecule has 0 fully saturated rings. The van der Waals surface area contributed by atoms with Crippen molar-refractivity contribution in [3.63, 3.8) is 0 Å². The van der Waals surface area contributed by atoms with Crippen molar-refractivity contribution < 1.29 is 13.9 Å². The smallest absolute Gasteiger partial charge is 0.166 e. The number of fused-ring (bicyclic) bond motifs is 1. The fourth-order valence-electron chi connectivity index (χ4n) is 1.38. The van der Waals surface area contributed by atoms with Gasteiger partial charge in [0.25, 0.3) is 0 Å². The van der Waals surface area contributed by atoms with E-state index < -0.39 is 11.8 Å². The second-order valence-electron chi connectivity index (χ2n) is 4.07. The summed E-state index contributed by atoms with van der Waals surface area (Å²) in [5.41, 5.74) is -1.40. The summed E-state index contributed by atoms with van der Waals surface area (Å²) in [5.74, 6) is 1.25. The molecule has 0 saturated heterocycles. The second kappa shape index (κ2) is 3.67. The number of ether oxygens (including phenoxy) is 2. The summed E-state index contributed by atoms with van der Waals surface area (Å²) in [7, 11) is 0. The quantitative estimate of drug-likeness (QED) is 0.782. The van der Waals surface area contributed by atoms with Crippen LogP contribution in [0.5, 0.6) is 11.5 Å². The minimum atomic E-state index is -1.40. The lowest BCUT2D eigenvalue weighted by atomic mass is 10.0. The summed E-state index contributed by atoms with van der Waals surface area (Å²) in [4.78, 5) is 0. The largest absolute Gasteiger partial charge is 0.486 e. The summed E-state index contributed by atoms with van der Waals surface area (Å²) >= 11 is 3.33. The molecule has 1 aliphatic rings. The van der Waals surface area contributed by atoms with Crippen molar-refractivity contribution in [2.75, 3.05) is 6.61 Å². The highest BCUT2D eigenvalue weighted by molar-refractivity contribution is 9.10. The molecule has 2 rings (SSSR count). The number of rotatable bonds is 1. The Bertz CT molecular complexity index is 373. The van der Waals surface area contributed by atoms with Gasteiger partial charge in [-0.15, -0.1) is 0 Å². The van der Waals surface area contributed by atoms with E-state index in [9.17, 15) is 4.39 Å². The third-order valence-corrected chi connectivity index (χ3v) is 2.82. The van der Waals surface area contributed by atoms with Gasteiger partial charge in [-0.3, -0.25) is 0 Å². The average Bonchev–Trinajstić information content (AvgIpc) is 2.15. The maximum absolute atomic E-state index is 13.7. The molecule has 4 heteroatoms. The summed E-state index contributed by atoms with van der Waals surface area (Å²) in [5, 5.41) is 0. The Morgan fingerprint density at radius 2 is 2.13 bits per heavy atom. The lowest BCUT2D eigenvalue weighted by Crippen LogP contribution is -2.43. The van der Waals surface area contributed by atoms with Crippen molar-refractivity contribution in [3.05, 3.63) is 22.7 Å². The molecule has 1 aromatic rings. The third-order valence-electron chi connectivity index (χ3n) is 2.33. The molecule has 1 aliphatic heterocycles. The van der Waals surface area contributed by atoms with Crippen LogP contribution in [-0.4, -0.2) is 18.4 Å². The molecule has 1 heterocycles. The Labute approximate surface area is 96.5 Å². The number of hydrogen-bond donors (Lipinski definition) is 0. The molecule has 0 N–H and O–H groups in total. The van der Waals surface area contributed by atoms with Crippen LogP contribution in [0.2, 0.25) is 0 Å². The predicted molar refractivity (Wildman–Crippen MR) is 59.2 cm³/mol. The summed E-state index contributed by atoms with van der Waals surface area (Å²) in [6.45, 7) is 3.23. The molecule has 15 heavy (non-hydrogen) atoms. The van der Waals surface area contributed by atoms with Gasteiger partial charge in [-0.1, -0.05) is 15.9 Å². The van der Waals surface area contributed by atoms with Gasteiger partial charge >= 0.3 is 0 Å². The zero-order chi connectivity index (χ0) is 11.1. The Balaban J connectivity index is 2.26. The molecule has 0 spiro atoms. The van der Waals surface area contributed by atoms with E-state index in [4.69, 9.17) is 9.47 Å². The summed E-state index contributed by atoms with van der Waals surface area (Å²) in [6.07, 6.45) is -0.556. The van der Waals surface area contributed by atoms with Gasteiger partial charge in [-0.25, -0.2) is 4.39 Å². The van der Waals surface area contributed by atoms with E-state index in [1.54, 1.807) is 12.1 Å². The second-order valence-corrected chi connectivity index (χ2v) is 4.99. The van der Waals surface area contributed by atoms with Crippen LogP contribution in [0.3, 0.4) is 0 Å². The molecule has 0 aromatic heterocycles. The fraction of sp³-hybridized carbons (Fsp3) is 0.455. The Hall–Kier alpha value is -0.770. The molecule has 0 saturated carbocycles. The van der Waals surface area contributed by atoms with Gasteiger partial charge < -0.3 is 9.47 Å². The maximum atomic E-state index is 13.7. The molecule has 0 radical (unpaired) electrons. The molecule has 0 aliphatic carbocycles. The van der Waals surface area contributed by atoms with Gasteiger partial charge in [-0.05, 0) is 32.0 Å². The van der Waals surface area contributed by atoms with Crippen molar-refractivity contribution in [2.45, 2.75) is 25.6 Å². The highest BCUT2D eigenvalue weighted by Gasteiger charge is 2.35. The third kappa shape index (κ3) is 2.25. The molecule has 0 amide bonds. The van der Waals surface area contributed by atoms with Crippen LogP contribution in [0.15, 0.2) is 22.7 Å². The highest BCUT2D eigenvalue weighted by atomic mass is 79.9. The minimum absolute atomic E-state index is 0.248. The van der Waals surface area contributed by atoms with Crippen LogP contribution in [-0.2, 0) is 0 Å². The molecule has 1 atom stereocenters. The van der Waals surface area contributed by atoms with Crippen LogP contribution < -0.4 is 9.47 Å². The Morgan fingerprint density at radius 1 is 1.40 bits per heavy atom. The molecule has 1 unspecified atom stereocenters. The highest BCUT2D eigenvalue weighted by Crippen LogP contribution is 2.36. The van der Waals surface area contributed by atoms with Crippen LogP contribution in [0.1, 0.15) is 13.8 Å². The van der Waals surface area contributed by atoms with E-state index in [-0.39, 0.29) is 6.61 Å². The van der Waals surface area contributed by atoms with Gasteiger partial charge in [0, 0.05) is 4.47 Å². The van der Waals surface area contributed by atoms with Gasteiger partial charge in [0.05, 0.1) is 0 Å². The first-order valence-electron chi connectivity index (χ1n) is 4.75. The first-order chi connectivity index (χ1) is 6.97. The van der Waals surface area contributed by atoms with Crippen molar-refractivity contribution >= 4 is 15.9 Å². The first-order valence-corrected chi connectivity index (χ1v) is 5.54. The van der Waals surface area contributed by atoms with E-state index in [2.05, 4.69) is 15.9 Å². The van der Waals surface area contributed by atoms with E-state index in [1.165, 1.54) is 13.8 Å². The van der Waals surface area contributed by atoms with Crippen LogP contribution in [0, 0.1) is 0 Å². The zero-order valence-electron chi connectivity index (χ0n) is 8.59. The molecular formula is C11H12BrFO2. The predicted octanol–water partition coefficient (Wildman–Crippen LogP) is 3.34. The molecule has 82 valence electrons. The van der Waals surface area contributed by atoms with E-state index in [0.29, 0.717) is 11.5 Å². The van der Waals surface area contributed by atoms with Crippen LogP contribution >= 0.6 is 15.9 Å². The zero-order valence-corrected chi connectivity index (χ0v) is 10.2. The number of hydrogen-bond acceptors (Lipinski definition) is 2. The number of alkyl halides is 1. The minimum Gasteiger partial charge on any atom is -0.486 e. The summed E-state index contributed by atoms with van der Waals surface area (Å²) < 4.78 is 25.5. The molecular weight excluding hydrogens is 263 g/mol. The molecule has 0 bridgehead atoms. The Kier molecular flexibility index (Phi) is 2.63. The van der Waals surface area contributed by atoms with Crippen molar-refractivity contribution in [2.24, 2.45) is 0 Å². The van der Waals surface area contributed by atoms with Gasteiger partial charge in [0.1, 0.15) is 12.3 Å². The van der Waals surface area contributed by atoms with Crippen molar-refractivity contribution in [3.8, 4) is 11.5 Å². The molecule has 2 nitrogen and oxygen atoms in total. The SMILES string of the molecule is CC(C)(F)C1COc2ccc(Br)cc2O1. The standard InChI is InChI=1S/C11H12BrFO2/c1-11(2,13)10-6-14-8-4-3-7(12)5-9(8)15-10/h3-5,10H,6H2,1-2H3. The lowest BCUT2D eigenvalue weighted by molar-refractivity contribution is -0.0142. The topological polar surface area (TPSA) is 18.5 Å². The van der Waals surface area contributed by atoms with Crippen LogP contribution in [0.4, 0.5) is 4.39 Å². The lowest BCUT2D eigenvalue weighted by Gasteiger charge is -2.32. The summed E-state index contributed by atoms with van der Waals surface area (Å²) in [6, 6.07) is 5.46. The van der Waals surface area contributed by atoms with Gasteiger partial charge in [0.2, 0.25) is 0 Å². The van der Waals surface area contributed by atoms with Crippen molar-refractivity contribution in [1.82, 2.24) is 0 Å². The monoisotopic (exact) mass is 274 g/mol. The van der Waals surface area contributed by atoms with Crippen LogP contribution in [0.25, 0.3) is 0 Å². The number of halogens is 2. The first kappa shape index (κ1) is 10.7. The Morgan fingerprint density at radius 3 is 2.80 bits per heavy atom. The average molecular weight is 275 g/mol. The number of benzene rings is 1. The van der Waals surface area contributed by atoms with Crippen molar-refractivity contribution in [1.29, 1.82) is 0 Å². The fourth-order valence-corrected chi connectivity index (χ4v) is 1.72. The van der Waals surface area contributed by atoms with E-state index >= 15 is 0 Å². The maximum Gasteiger partial charge on any atom is 0.166 e. The molecule has 1 aromatic carbocycles. The normalized spacial score (nSPS) is 20.1. The van der Waals surface area contributed by atoms with E-state index in [1.807, 2.05) is 6.07 Å². The van der Waals surface area contributed by atoms with Gasteiger partial charge in [-0.2, -0.15) is 0 Å². The van der Waals surface area contributed by atoms with Gasteiger partial charge in [0.15, 0.2) is 17.6 Å².